The molecule has 0 radical (unpaired) electrons. The monoisotopic (exact) mass is 439 g/mol. The van der Waals surface area contributed by atoms with E-state index < -0.39 is 11.4 Å². The van der Waals surface area contributed by atoms with Gasteiger partial charge in [0.2, 0.25) is 0 Å². The average Bonchev–Trinajstić information content (AvgIpc) is 3.28. The maximum atomic E-state index is 14.5. The van der Waals surface area contributed by atoms with Crippen molar-refractivity contribution in [2.75, 3.05) is 13.1 Å². The number of nitrogens with zero attached hydrogens (tertiary/aromatic N) is 5. The van der Waals surface area contributed by atoms with Crippen LogP contribution in [-0.4, -0.2) is 56.0 Å². The predicted octanol–water partition coefficient (Wildman–Crippen LogP) is 4.25. The van der Waals surface area contributed by atoms with Gasteiger partial charge in [0.15, 0.2) is 0 Å². The molecule has 0 unspecified atom stereocenters. The molecule has 2 heterocycles. The molecule has 2 aromatic carbocycles. The van der Waals surface area contributed by atoms with Crippen LogP contribution in [0.2, 0.25) is 0 Å². The number of carbonyl (C=O) groups excluding carboxylic acids is 1. The molecule has 32 heavy (non-hydrogen) atoms. The molecule has 168 valence electrons. The smallest absolute Gasteiger partial charge is 0.410 e. The molecular weight excluding hydrogens is 413 g/mol. The molecule has 1 aliphatic rings. The van der Waals surface area contributed by atoms with Crippen molar-refractivity contribution < 1.29 is 18.7 Å². The van der Waals surface area contributed by atoms with E-state index in [-0.39, 0.29) is 17.9 Å². The van der Waals surface area contributed by atoms with E-state index in [1.807, 2.05) is 51.1 Å². The van der Waals surface area contributed by atoms with E-state index in [1.54, 1.807) is 11.0 Å². The highest BCUT2D eigenvalue weighted by molar-refractivity contribution is 5.68. The summed E-state index contributed by atoms with van der Waals surface area (Å²) in [6, 6.07) is 12.5. The minimum absolute atomic E-state index is 0.0348. The number of ether oxygens (including phenoxy) is 2. The molecular formula is C23H26FN5O3. The fraction of sp³-hybridized carbons (Fsp3) is 0.391. The quantitative estimate of drug-likeness (QED) is 0.605. The lowest BCUT2D eigenvalue weighted by Gasteiger charge is -2.33. The summed E-state index contributed by atoms with van der Waals surface area (Å²) in [5, 5.41) is 10.8. The van der Waals surface area contributed by atoms with Gasteiger partial charge in [-0.25, -0.2) is 9.18 Å². The Morgan fingerprint density at radius 1 is 1.06 bits per heavy atom. The number of amides is 1. The molecule has 0 aliphatic carbocycles. The number of carbonyl (C=O) groups is 1. The van der Waals surface area contributed by atoms with Crippen molar-refractivity contribution in [1.29, 1.82) is 0 Å². The Hall–Kier alpha value is -3.49. The zero-order valence-corrected chi connectivity index (χ0v) is 18.4. The second-order valence-electron chi connectivity index (χ2n) is 8.73. The van der Waals surface area contributed by atoms with Crippen LogP contribution in [0.3, 0.4) is 0 Å². The molecule has 1 aromatic heterocycles. The molecule has 1 saturated heterocycles. The Morgan fingerprint density at radius 2 is 1.75 bits per heavy atom. The van der Waals surface area contributed by atoms with E-state index >= 15 is 0 Å². The molecule has 1 aliphatic heterocycles. The first-order valence-electron chi connectivity index (χ1n) is 10.6. The first-order valence-corrected chi connectivity index (χ1v) is 10.6. The lowest BCUT2D eigenvalue weighted by atomic mass is 10.0. The summed E-state index contributed by atoms with van der Waals surface area (Å²) in [5.74, 6) is 0.335. The Kier molecular flexibility index (Phi) is 6.07. The van der Waals surface area contributed by atoms with Gasteiger partial charge in [0.25, 0.3) is 0 Å². The second kappa shape index (κ2) is 8.94. The van der Waals surface area contributed by atoms with Crippen molar-refractivity contribution in [2.24, 2.45) is 0 Å². The summed E-state index contributed by atoms with van der Waals surface area (Å²) >= 11 is 0. The Morgan fingerprint density at radius 3 is 2.34 bits per heavy atom. The van der Waals surface area contributed by atoms with Gasteiger partial charge in [-0.05, 0) is 66.6 Å². The summed E-state index contributed by atoms with van der Waals surface area (Å²) < 4.78 is 27.3. The number of tetrazole rings is 1. The zero-order valence-electron chi connectivity index (χ0n) is 18.4. The summed E-state index contributed by atoms with van der Waals surface area (Å²) in [7, 11) is 0. The number of benzene rings is 2. The average molecular weight is 439 g/mol. The Balaban J connectivity index is 1.34. The number of likely N-dealkylation sites (tertiary alicyclic amines) is 1. The van der Waals surface area contributed by atoms with Gasteiger partial charge < -0.3 is 14.4 Å². The van der Waals surface area contributed by atoms with E-state index in [2.05, 4.69) is 15.5 Å². The highest BCUT2D eigenvalue weighted by Crippen LogP contribution is 2.27. The van der Waals surface area contributed by atoms with Crippen molar-refractivity contribution in [1.82, 2.24) is 25.1 Å². The van der Waals surface area contributed by atoms with Crippen molar-refractivity contribution in [3.8, 4) is 22.6 Å². The maximum Gasteiger partial charge on any atom is 0.410 e. The van der Waals surface area contributed by atoms with Gasteiger partial charge in [-0.15, -0.1) is 5.10 Å². The van der Waals surface area contributed by atoms with Gasteiger partial charge in [0, 0.05) is 25.9 Å². The molecule has 0 spiro atoms. The van der Waals surface area contributed by atoms with Crippen LogP contribution < -0.4 is 4.74 Å². The first-order chi connectivity index (χ1) is 15.3. The third-order valence-electron chi connectivity index (χ3n) is 5.13. The third kappa shape index (κ3) is 5.22. The fourth-order valence-electron chi connectivity index (χ4n) is 3.55. The standard InChI is InChI=1S/C23H26FN5O3/c1-23(2,3)32-22(30)28-12-10-19(11-13-28)31-18-7-4-16(5-8-18)17-6-9-21(20(24)14-17)29-15-25-26-27-29/h4-9,14-15,19H,10-13H2,1-3H3. The predicted molar refractivity (Wildman–Crippen MR) is 116 cm³/mol. The first kappa shape index (κ1) is 21.7. The normalized spacial score (nSPS) is 14.9. The van der Waals surface area contributed by atoms with Crippen molar-refractivity contribution in [3.05, 3.63) is 54.6 Å². The minimum Gasteiger partial charge on any atom is -0.490 e. The molecule has 3 aromatic rings. The maximum absolute atomic E-state index is 14.5. The molecule has 1 amide bonds. The van der Waals surface area contributed by atoms with E-state index in [0.29, 0.717) is 13.1 Å². The van der Waals surface area contributed by atoms with Crippen LogP contribution in [-0.2, 0) is 4.74 Å². The lowest BCUT2D eigenvalue weighted by molar-refractivity contribution is 0.0126. The Bertz CT molecular complexity index is 1060. The van der Waals surface area contributed by atoms with E-state index in [0.717, 1.165) is 29.7 Å². The fourth-order valence-corrected chi connectivity index (χ4v) is 3.55. The van der Waals surface area contributed by atoms with Crippen LogP contribution in [0.4, 0.5) is 9.18 Å². The molecule has 0 saturated carbocycles. The molecule has 0 atom stereocenters. The van der Waals surface area contributed by atoms with Gasteiger partial charge in [-0.1, -0.05) is 18.2 Å². The summed E-state index contributed by atoms with van der Waals surface area (Å²) in [6.07, 6.45) is 2.59. The van der Waals surface area contributed by atoms with Gasteiger partial charge in [0.1, 0.15) is 35.3 Å². The van der Waals surface area contributed by atoms with Crippen molar-refractivity contribution >= 4 is 6.09 Å². The summed E-state index contributed by atoms with van der Waals surface area (Å²) in [5.41, 5.74) is 1.41. The number of rotatable bonds is 4. The van der Waals surface area contributed by atoms with Crippen LogP contribution >= 0.6 is 0 Å². The number of halogens is 1. The zero-order chi connectivity index (χ0) is 22.7. The van der Waals surface area contributed by atoms with Crippen molar-refractivity contribution in [3.63, 3.8) is 0 Å². The Labute approximate surface area is 185 Å². The van der Waals surface area contributed by atoms with Gasteiger partial charge >= 0.3 is 6.09 Å². The van der Waals surface area contributed by atoms with Gasteiger partial charge in [-0.3, -0.25) is 0 Å². The topological polar surface area (TPSA) is 82.4 Å². The van der Waals surface area contributed by atoms with Crippen molar-refractivity contribution in [2.45, 2.75) is 45.3 Å². The SMILES string of the molecule is CC(C)(C)OC(=O)N1CCC(Oc2ccc(-c3ccc(-n4cnnn4)c(F)c3)cc2)CC1. The summed E-state index contributed by atoms with van der Waals surface area (Å²) in [4.78, 5) is 13.9. The molecule has 0 N–H and O–H groups in total. The largest absolute Gasteiger partial charge is 0.490 e. The number of hydrogen-bond acceptors (Lipinski definition) is 6. The minimum atomic E-state index is -0.497. The van der Waals surface area contributed by atoms with Crippen LogP contribution in [0.25, 0.3) is 16.8 Å². The number of hydrogen-bond donors (Lipinski definition) is 0. The number of aromatic nitrogens is 4. The van der Waals surface area contributed by atoms with Gasteiger partial charge in [0.05, 0.1) is 0 Å². The third-order valence-corrected chi connectivity index (χ3v) is 5.13. The molecule has 8 nitrogen and oxygen atoms in total. The molecule has 1 fully saturated rings. The second-order valence-corrected chi connectivity index (χ2v) is 8.73. The highest BCUT2D eigenvalue weighted by atomic mass is 19.1. The highest BCUT2D eigenvalue weighted by Gasteiger charge is 2.27. The molecule has 4 rings (SSSR count). The molecule has 9 heteroatoms. The van der Waals surface area contributed by atoms with Crippen LogP contribution in [0.15, 0.2) is 48.8 Å². The lowest BCUT2D eigenvalue weighted by Crippen LogP contribution is -2.44. The number of piperidine rings is 1. The van der Waals surface area contributed by atoms with Crippen LogP contribution in [0, 0.1) is 5.82 Å². The van der Waals surface area contributed by atoms with Crippen LogP contribution in [0.5, 0.6) is 5.75 Å². The van der Waals surface area contributed by atoms with E-state index in [4.69, 9.17) is 9.47 Å². The van der Waals surface area contributed by atoms with Gasteiger partial charge in [-0.2, -0.15) is 4.68 Å². The van der Waals surface area contributed by atoms with E-state index in [1.165, 1.54) is 17.1 Å². The summed E-state index contributed by atoms with van der Waals surface area (Å²) in [6.45, 7) is 6.79. The molecule has 0 bridgehead atoms. The van der Waals surface area contributed by atoms with E-state index in [9.17, 15) is 9.18 Å². The van der Waals surface area contributed by atoms with Crippen LogP contribution in [0.1, 0.15) is 33.6 Å².